The maximum Gasteiger partial charge on any atom is 0.120 e. The number of benzene rings is 1. The molecule has 0 spiro atoms. The van der Waals surface area contributed by atoms with Gasteiger partial charge in [-0.15, -0.1) is 0 Å². The van der Waals surface area contributed by atoms with Crippen molar-refractivity contribution in [1.82, 2.24) is 9.97 Å². The van der Waals surface area contributed by atoms with Crippen molar-refractivity contribution in [3.8, 4) is 5.75 Å². The first kappa shape index (κ1) is 10.4. The number of aromatic hydroxyl groups is 1. The third kappa shape index (κ3) is 2.48. The third-order valence-electron chi connectivity index (χ3n) is 2.30. The maximum absolute atomic E-state index is 9.53. The predicted octanol–water partition coefficient (Wildman–Crippen LogP) is 2.10. The average molecular weight is 215 g/mol. The van der Waals surface area contributed by atoms with E-state index in [0.29, 0.717) is 12.3 Å². The Kier molecular flexibility index (Phi) is 3.00. The van der Waals surface area contributed by atoms with Crippen molar-refractivity contribution in [2.75, 3.05) is 5.32 Å². The summed E-state index contributed by atoms with van der Waals surface area (Å²) in [6, 6.07) is 5.49. The van der Waals surface area contributed by atoms with Gasteiger partial charge in [0.25, 0.3) is 0 Å². The molecule has 4 heteroatoms. The van der Waals surface area contributed by atoms with E-state index in [4.69, 9.17) is 0 Å². The third-order valence-corrected chi connectivity index (χ3v) is 2.30. The van der Waals surface area contributed by atoms with Crippen molar-refractivity contribution in [2.24, 2.45) is 0 Å². The number of nitrogens with one attached hydrogen (secondary N) is 1. The highest BCUT2D eigenvalue weighted by Crippen LogP contribution is 2.20. The second-order valence-corrected chi connectivity index (χ2v) is 3.55. The number of aryl methyl sites for hydroxylation is 1. The molecule has 16 heavy (non-hydrogen) atoms. The van der Waals surface area contributed by atoms with E-state index < -0.39 is 0 Å². The van der Waals surface area contributed by atoms with E-state index in [1.807, 2.05) is 19.1 Å². The molecule has 0 saturated heterocycles. The van der Waals surface area contributed by atoms with Crippen LogP contribution in [0.15, 0.2) is 36.8 Å². The topological polar surface area (TPSA) is 58.0 Å². The lowest BCUT2D eigenvalue weighted by molar-refractivity contribution is 0.471. The van der Waals surface area contributed by atoms with Gasteiger partial charge in [0.1, 0.15) is 5.75 Å². The maximum atomic E-state index is 9.53. The van der Waals surface area contributed by atoms with Gasteiger partial charge in [-0.25, -0.2) is 0 Å². The monoisotopic (exact) mass is 215 g/mol. The van der Waals surface area contributed by atoms with Crippen molar-refractivity contribution < 1.29 is 5.11 Å². The molecule has 0 aliphatic carbocycles. The Morgan fingerprint density at radius 1 is 1.31 bits per heavy atom. The Bertz CT molecular complexity index is 471. The van der Waals surface area contributed by atoms with Crippen LogP contribution in [0.2, 0.25) is 0 Å². The molecule has 1 heterocycles. The quantitative estimate of drug-likeness (QED) is 0.823. The van der Waals surface area contributed by atoms with Crippen LogP contribution < -0.4 is 5.32 Å². The first-order valence-corrected chi connectivity index (χ1v) is 5.04. The molecule has 2 rings (SSSR count). The molecule has 0 bridgehead atoms. The molecule has 1 aromatic heterocycles. The van der Waals surface area contributed by atoms with Crippen LogP contribution >= 0.6 is 0 Å². The fourth-order valence-corrected chi connectivity index (χ4v) is 1.33. The Labute approximate surface area is 94.0 Å². The zero-order chi connectivity index (χ0) is 11.4. The smallest absolute Gasteiger partial charge is 0.120 e. The van der Waals surface area contributed by atoms with E-state index in [9.17, 15) is 5.11 Å². The van der Waals surface area contributed by atoms with Crippen LogP contribution in [0.1, 0.15) is 11.3 Å². The summed E-state index contributed by atoms with van der Waals surface area (Å²) in [5.74, 6) is 0.296. The molecule has 0 unspecified atom stereocenters. The number of rotatable bonds is 3. The number of nitrogens with zero attached hydrogens (tertiary/aromatic N) is 2. The molecular weight excluding hydrogens is 202 g/mol. The molecule has 0 aliphatic heterocycles. The van der Waals surface area contributed by atoms with Gasteiger partial charge in [0, 0.05) is 24.1 Å². The fraction of sp³-hybridized carbons (Fsp3) is 0.167. The van der Waals surface area contributed by atoms with Crippen LogP contribution in [0.4, 0.5) is 5.69 Å². The summed E-state index contributed by atoms with van der Waals surface area (Å²) >= 11 is 0. The predicted molar refractivity (Wildman–Crippen MR) is 62.2 cm³/mol. The SMILES string of the molecule is Cc1ccc(NCc2cnccn2)cc1O. The summed E-state index contributed by atoms with van der Waals surface area (Å²) in [7, 11) is 0. The number of hydrogen-bond donors (Lipinski definition) is 2. The van der Waals surface area contributed by atoms with Crippen LogP contribution in [0.25, 0.3) is 0 Å². The van der Waals surface area contributed by atoms with Crippen LogP contribution in [0.3, 0.4) is 0 Å². The Hall–Kier alpha value is -2.10. The minimum absolute atomic E-state index is 0.296. The standard InChI is InChI=1S/C12H13N3O/c1-9-2-3-10(6-12(9)16)15-8-11-7-13-4-5-14-11/h2-7,15-16H,8H2,1H3. The van der Waals surface area contributed by atoms with Crippen molar-refractivity contribution in [1.29, 1.82) is 0 Å². The lowest BCUT2D eigenvalue weighted by Crippen LogP contribution is -2.01. The molecule has 2 aromatic rings. The number of phenols is 1. The molecule has 2 N–H and O–H groups in total. The molecule has 0 radical (unpaired) electrons. The summed E-state index contributed by atoms with van der Waals surface area (Å²) in [6.45, 7) is 2.46. The highest BCUT2D eigenvalue weighted by Gasteiger charge is 1.98. The first-order valence-electron chi connectivity index (χ1n) is 5.04. The van der Waals surface area contributed by atoms with Gasteiger partial charge in [-0.1, -0.05) is 6.07 Å². The lowest BCUT2D eigenvalue weighted by atomic mass is 10.2. The van der Waals surface area contributed by atoms with Gasteiger partial charge in [-0.3, -0.25) is 9.97 Å². The van der Waals surface area contributed by atoms with E-state index in [1.165, 1.54) is 0 Å². The Balaban J connectivity index is 2.03. The summed E-state index contributed by atoms with van der Waals surface area (Å²) in [5, 5.41) is 12.7. The van der Waals surface area contributed by atoms with Crippen molar-refractivity contribution in [3.63, 3.8) is 0 Å². The second kappa shape index (κ2) is 4.61. The van der Waals surface area contributed by atoms with E-state index in [1.54, 1.807) is 24.7 Å². The number of anilines is 1. The Morgan fingerprint density at radius 2 is 2.19 bits per heavy atom. The fourth-order valence-electron chi connectivity index (χ4n) is 1.33. The minimum atomic E-state index is 0.296. The molecule has 0 aliphatic rings. The van der Waals surface area contributed by atoms with Gasteiger partial charge in [-0.2, -0.15) is 0 Å². The highest BCUT2D eigenvalue weighted by molar-refractivity contribution is 5.50. The van der Waals surface area contributed by atoms with Gasteiger partial charge in [0.2, 0.25) is 0 Å². The summed E-state index contributed by atoms with van der Waals surface area (Å²) in [6.07, 6.45) is 5.01. The van der Waals surface area contributed by atoms with E-state index >= 15 is 0 Å². The van der Waals surface area contributed by atoms with E-state index in [-0.39, 0.29) is 0 Å². The largest absolute Gasteiger partial charge is 0.508 e. The van der Waals surface area contributed by atoms with Gasteiger partial charge in [-0.05, 0) is 18.6 Å². The highest BCUT2D eigenvalue weighted by atomic mass is 16.3. The minimum Gasteiger partial charge on any atom is -0.508 e. The molecule has 0 saturated carbocycles. The van der Waals surface area contributed by atoms with Crippen LogP contribution in [0, 0.1) is 6.92 Å². The molecule has 4 nitrogen and oxygen atoms in total. The average Bonchev–Trinajstić information content (AvgIpc) is 2.32. The number of phenolic OH excluding ortho intramolecular Hbond substituents is 1. The first-order chi connectivity index (χ1) is 7.75. The summed E-state index contributed by atoms with van der Waals surface area (Å²) in [4.78, 5) is 8.12. The lowest BCUT2D eigenvalue weighted by Gasteiger charge is -2.07. The molecule has 0 fully saturated rings. The normalized spacial score (nSPS) is 10.1. The van der Waals surface area contributed by atoms with E-state index in [0.717, 1.165) is 16.9 Å². The summed E-state index contributed by atoms with van der Waals surface area (Å²) in [5.41, 5.74) is 2.60. The molecule has 0 atom stereocenters. The second-order valence-electron chi connectivity index (χ2n) is 3.55. The number of hydrogen-bond acceptors (Lipinski definition) is 4. The van der Waals surface area contributed by atoms with Gasteiger partial charge >= 0.3 is 0 Å². The molecule has 1 aromatic carbocycles. The van der Waals surface area contributed by atoms with Crippen molar-refractivity contribution in [3.05, 3.63) is 48.0 Å². The van der Waals surface area contributed by atoms with Gasteiger partial charge in [0.15, 0.2) is 0 Å². The molecule has 82 valence electrons. The van der Waals surface area contributed by atoms with Crippen molar-refractivity contribution >= 4 is 5.69 Å². The van der Waals surface area contributed by atoms with Crippen LogP contribution in [-0.4, -0.2) is 15.1 Å². The van der Waals surface area contributed by atoms with Crippen molar-refractivity contribution in [2.45, 2.75) is 13.5 Å². The van der Waals surface area contributed by atoms with Crippen LogP contribution in [-0.2, 0) is 6.54 Å². The Morgan fingerprint density at radius 3 is 2.88 bits per heavy atom. The molecular formula is C12H13N3O. The zero-order valence-corrected chi connectivity index (χ0v) is 9.01. The van der Waals surface area contributed by atoms with Gasteiger partial charge in [0.05, 0.1) is 18.4 Å². The summed E-state index contributed by atoms with van der Waals surface area (Å²) < 4.78 is 0. The molecule has 0 amide bonds. The van der Waals surface area contributed by atoms with E-state index in [2.05, 4.69) is 15.3 Å². The number of aromatic nitrogens is 2. The zero-order valence-electron chi connectivity index (χ0n) is 9.01. The van der Waals surface area contributed by atoms with Gasteiger partial charge < -0.3 is 10.4 Å². The van der Waals surface area contributed by atoms with Crippen LogP contribution in [0.5, 0.6) is 5.75 Å².